The van der Waals surface area contributed by atoms with Crippen LogP contribution in [0.5, 0.6) is 0 Å². The van der Waals surface area contributed by atoms with E-state index in [2.05, 4.69) is 14.8 Å². The Hall–Kier alpha value is -4.01. The summed E-state index contributed by atoms with van der Waals surface area (Å²) in [4.78, 5) is 61.6. The van der Waals surface area contributed by atoms with E-state index in [0.717, 1.165) is 4.90 Å². The van der Waals surface area contributed by atoms with Crippen molar-refractivity contribution in [3.05, 3.63) is 64.7 Å². The number of amides is 3. The van der Waals surface area contributed by atoms with Gasteiger partial charge in [0.2, 0.25) is 5.91 Å². The van der Waals surface area contributed by atoms with Crippen molar-refractivity contribution in [3.63, 3.8) is 0 Å². The summed E-state index contributed by atoms with van der Waals surface area (Å²) < 4.78 is 9.27. The molecule has 0 fully saturated rings. The predicted molar refractivity (Wildman–Crippen MR) is 99.6 cm³/mol. The van der Waals surface area contributed by atoms with Gasteiger partial charge in [0.25, 0.3) is 11.8 Å². The molecule has 29 heavy (non-hydrogen) atoms. The highest BCUT2D eigenvalue weighted by atomic mass is 16.5. The first-order valence-corrected chi connectivity index (χ1v) is 8.42. The third kappa shape index (κ3) is 3.84. The number of carbonyl (C=O) groups excluding carboxylic acids is 5. The van der Waals surface area contributed by atoms with Gasteiger partial charge in [0.15, 0.2) is 0 Å². The van der Waals surface area contributed by atoms with E-state index in [9.17, 15) is 24.0 Å². The lowest BCUT2D eigenvalue weighted by atomic mass is 10.1. The van der Waals surface area contributed by atoms with Crippen LogP contribution in [0.2, 0.25) is 0 Å². The third-order valence-corrected chi connectivity index (χ3v) is 4.24. The van der Waals surface area contributed by atoms with Crippen LogP contribution >= 0.6 is 0 Å². The number of imide groups is 1. The number of rotatable bonds is 5. The van der Waals surface area contributed by atoms with Crippen LogP contribution in [0.15, 0.2) is 42.5 Å². The number of nitrogens with one attached hydrogen (secondary N) is 1. The predicted octanol–water partition coefficient (Wildman–Crippen LogP) is 1.49. The van der Waals surface area contributed by atoms with E-state index in [1.54, 1.807) is 12.1 Å². The molecular formula is C20H16N2O7. The molecule has 2 aromatic rings. The van der Waals surface area contributed by atoms with Crippen molar-refractivity contribution in [2.24, 2.45) is 0 Å². The average molecular weight is 396 g/mol. The summed E-state index contributed by atoms with van der Waals surface area (Å²) in [5, 5.41) is 2.47. The first-order valence-electron chi connectivity index (χ1n) is 8.42. The van der Waals surface area contributed by atoms with Gasteiger partial charge in [-0.2, -0.15) is 0 Å². The highest BCUT2D eigenvalue weighted by Gasteiger charge is 2.36. The van der Waals surface area contributed by atoms with Crippen molar-refractivity contribution in [2.75, 3.05) is 26.1 Å². The van der Waals surface area contributed by atoms with E-state index < -0.39 is 36.2 Å². The van der Waals surface area contributed by atoms with E-state index in [-0.39, 0.29) is 27.9 Å². The molecule has 0 saturated carbocycles. The molecule has 1 aliphatic rings. The van der Waals surface area contributed by atoms with Gasteiger partial charge in [-0.1, -0.05) is 12.1 Å². The van der Waals surface area contributed by atoms with Crippen LogP contribution in [0.1, 0.15) is 41.4 Å². The number of nitrogens with zero attached hydrogens (tertiary/aromatic N) is 1. The normalized spacial score (nSPS) is 12.4. The maximum absolute atomic E-state index is 12.4. The van der Waals surface area contributed by atoms with Crippen molar-refractivity contribution >= 4 is 35.3 Å². The largest absolute Gasteiger partial charge is 0.465 e. The minimum absolute atomic E-state index is 0.0198. The zero-order valence-electron chi connectivity index (χ0n) is 15.6. The minimum Gasteiger partial charge on any atom is -0.465 e. The van der Waals surface area contributed by atoms with Gasteiger partial charge >= 0.3 is 11.9 Å². The number of ether oxygens (including phenoxy) is 2. The number of esters is 2. The number of methoxy groups -OCH3 is 2. The van der Waals surface area contributed by atoms with Crippen molar-refractivity contribution in [1.82, 2.24) is 4.90 Å². The second kappa shape index (κ2) is 7.93. The molecule has 1 aliphatic heterocycles. The summed E-state index contributed by atoms with van der Waals surface area (Å²) in [6, 6.07) is 10.1. The first-order chi connectivity index (χ1) is 13.8. The number of fused-ring (bicyclic) bond motifs is 1. The molecule has 0 spiro atoms. The Kier molecular flexibility index (Phi) is 5.40. The monoisotopic (exact) mass is 396 g/mol. The van der Waals surface area contributed by atoms with Gasteiger partial charge in [0, 0.05) is 5.69 Å². The fourth-order valence-corrected chi connectivity index (χ4v) is 2.90. The van der Waals surface area contributed by atoms with Crippen LogP contribution in [0.3, 0.4) is 0 Å². The Morgan fingerprint density at radius 3 is 1.79 bits per heavy atom. The van der Waals surface area contributed by atoms with E-state index in [4.69, 9.17) is 0 Å². The molecule has 0 saturated heterocycles. The van der Waals surface area contributed by atoms with E-state index >= 15 is 0 Å². The number of hydrogen-bond donors (Lipinski definition) is 1. The molecule has 9 nitrogen and oxygen atoms in total. The summed E-state index contributed by atoms with van der Waals surface area (Å²) in [5.74, 6) is -3.26. The van der Waals surface area contributed by atoms with Gasteiger partial charge in [0.05, 0.1) is 36.5 Å². The Bertz CT molecular complexity index is 976. The first kappa shape index (κ1) is 19.7. The van der Waals surface area contributed by atoms with E-state index in [1.807, 2.05) is 0 Å². The van der Waals surface area contributed by atoms with Gasteiger partial charge in [-0.25, -0.2) is 9.59 Å². The van der Waals surface area contributed by atoms with Crippen LogP contribution in [0, 0.1) is 0 Å². The van der Waals surface area contributed by atoms with Gasteiger partial charge in [-0.3, -0.25) is 19.3 Å². The number of benzene rings is 2. The van der Waals surface area contributed by atoms with Gasteiger partial charge in [0.1, 0.15) is 6.54 Å². The second-order valence-corrected chi connectivity index (χ2v) is 6.07. The molecule has 0 aliphatic carbocycles. The second-order valence-electron chi connectivity index (χ2n) is 6.07. The van der Waals surface area contributed by atoms with E-state index in [0.29, 0.717) is 0 Å². The highest BCUT2D eigenvalue weighted by Crippen LogP contribution is 2.22. The smallest absolute Gasteiger partial charge is 0.337 e. The molecule has 0 radical (unpaired) electrons. The Morgan fingerprint density at radius 2 is 1.34 bits per heavy atom. The molecule has 3 rings (SSSR count). The molecule has 0 atom stereocenters. The molecule has 9 heteroatoms. The van der Waals surface area contributed by atoms with Gasteiger partial charge in [-0.15, -0.1) is 0 Å². The van der Waals surface area contributed by atoms with Crippen molar-refractivity contribution in [3.8, 4) is 0 Å². The molecule has 0 aromatic heterocycles. The third-order valence-electron chi connectivity index (χ3n) is 4.24. The van der Waals surface area contributed by atoms with Crippen molar-refractivity contribution < 1.29 is 33.4 Å². The Balaban J connectivity index is 1.80. The molecule has 3 amide bonds. The summed E-state index contributed by atoms with van der Waals surface area (Å²) in [7, 11) is 2.35. The fraction of sp³-hybridized carbons (Fsp3) is 0.150. The Morgan fingerprint density at radius 1 is 0.862 bits per heavy atom. The Labute approximate surface area is 165 Å². The maximum atomic E-state index is 12.4. The molecular weight excluding hydrogens is 380 g/mol. The molecule has 1 heterocycles. The lowest BCUT2D eigenvalue weighted by molar-refractivity contribution is -0.116. The molecule has 0 unspecified atom stereocenters. The summed E-state index contributed by atoms with van der Waals surface area (Å²) >= 11 is 0. The van der Waals surface area contributed by atoms with Crippen LogP contribution in [0.4, 0.5) is 5.69 Å². The summed E-state index contributed by atoms with van der Waals surface area (Å²) in [6.07, 6.45) is 0. The molecule has 0 bridgehead atoms. The highest BCUT2D eigenvalue weighted by molar-refractivity contribution is 6.22. The topological polar surface area (TPSA) is 119 Å². The van der Waals surface area contributed by atoms with Gasteiger partial charge < -0.3 is 14.8 Å². The molecule has 1 N–H and O–H groups in total. The van der Waals surface area contributed by atoms with Crippen molar-refractivity contribution in [1.29, 1.82) is 0 Å². The van der Waals surface area contributed by atoms with Crippen LogP contribution in [-0.2, 0) is 14.3 Å². The average Bonchev–Trinajstić information content (AvgIpc) is 2.97. The standard InChI is InChI=1S/C20H16N2O7/c1-28-19(26)11-7-12(20(27)29-2)9-13(8-11)21-16(23)10-22-17(24)14-5-3-4-6-15(14)18(22)25/h3-9H,10H2,1-2H3,(H,21,23). The SMILES string of the molecule is COC(=O)c1cc(NC(=O)CN2C(=O)c3ccccc3C2=O)cc(C(=O)OC)c1. The van der Waals surface area contributed by atoms with Crippen LogP contribution in [-0.4, -0.2) is 55.3 Å². The minimum atomic E-state index is -0.716. The lowest BCUT2D eigenvalue weighted by Gasteiger charge is -2.14. The summed E-state index contributed by atoms with van der Waals surface area (Å²) in [6.45, 7) is -0.525. The number of anilines is 1. The zero-order valence-corrected chi connectivity index (χ0v) is 15.6. The molecule has 2 aromatic carbocycles. The zero-order chi connectivity index (χ0) is 21.1. The van der Waals surface area contributed by atoms with Gasteiger partial charge in [-0.05, 0) is 30.3 Å². The molecule has 148 valence electrons. The maximum Gasteiger partial charge on any atom is 0.337 e. The number of carbonyl (C=O) groups is 5. The van der Waals surface area contributed by atoms with Crippen molar-refractivity contribution in [2.45, 2.75) is 0 Å². The van der Waals surface area contributed by atoms with E-state index in [1.165, 1.54) is 44.6 Å². The van der Waals surface area contributed by atoms with Crippen LogP contribution in [0.25, 0.3) is 0 Å². The van der Waals surface area contributed by atoms with Crippen LogP contribution < -0.4 is 5.32 Å². The fourth-order valence-electron chi connectivity index (χ4n) is 2.90. The quantitative estimate of drug-likeness (QED) is 0.601. The lowest BCUT2D eigenvalue weighted by Crippen LogP contribution is -2.37. The number of hydrogen-bond acceptors (Lipinski definition) is 7. The summed E-state index contributed by atoms with van der Waals surface area (Å²) in [5.41, 5.74) is 0.602.